The van der Waals surface area contributed by atoms with Gasteiger partial charge in [-0.2, -0.15) is 13.2 Å². The fourth-order valence-electron chi connectivity index (χ4n) is 2.65. The number of halogens is 3. The number of nitrogens with one attached hydrogen (secondary N) is 1. The molecule has 6 nitrogen and oxygen atoms in total. The van der Waals surface area contributed by atoms with E-state index in [4.69, 9.17) is 0 Å². The van der Waals surface area contributed by atoms with E-state index < -0.39 is 35.5 Å². The Kier molecular flexibility index (Phi) is 5.00. The van der Waals surface area contributed by atoms with Crippen LogP contribution in [0.5, 0.6) is 0 Å². The zero-order chi connectivity index (χ0) is 20.5. The molecular formula is C19H14F3N3O3. The molecule has 1 N–H and O–H groups in total. The molecule has 1 saturated heterocycles. The number of hydrogen-bond donors (Lipinski definition) is 1. The Balaban J connectivity index is 1.94. The lowest BCUT2D eigenvalue weighted by atomic mass is 10.0. The predicted molar refractivity (Wildman–Crippen MR) is 95.3 cm³/mol. The van der Waals surface area contributed by atoms with Crippen molar-refractivity contribution in [3.63, 3.8) is 0 Å². The van der Waals surface area contributed by atoms with E-state index in [0.717, 1.165) is 23.9 Å². The summed E-state index contributed by atoms with van der Waals surface area (Å²) in [7, 11) is 0. The van der Waals surface area contributed by atoms with Crippen LogP contribution in [-0.4, -0.2) is 24.1 Å². The average Bonchev–Trinajstić information content (AvgIpc) is 2.62. The minimum Gasteiger partial charge on any atom is -0.276 e. The van der Waals surface area contributed by atoms with Gasteiger partial charge in [0.15, 0.2) is 5.92 Å². The van der Waals surface area contributed by atoms with Gasteiger partial charge in [0.2, 0.25) is 5.91 Å². The van der Waals surface area contributed by atoms with Gasteiger partial charge in [-0.3, -0.25) is 19.9 Å². The zero-order valence-electron chi connectivity index (χ0n) is 14.5. The van der Waals surface area contributed by atoms with Gasteiger partial charge in [0.25, 0.3) is 5.91 Å². The molecule has 9 heteroatoms. The summed E-state index contributed by atoms with van der Waals surface area (Å²) in [5, 5.41) is 1.97. The topological polar surface area (TPSA) is 78.8 Å². The van der Waals surface area contributed by atoms with Crippen LogP contribution in [0, 0.1) is 12.8 Å². The molecule has 1 fully saturated rings. The summed E-state index contributed by atoms with van der Waals surface area (Å²) in [6.07, 6.45) is -3.57. The van der Waals surface area contributed by atoms with Crippen molar-refractivity contribution in [1.29, 1.82) is 0 Å². The minimum atomic E-state index is -4.65. The molecule has 144 valence electrons. The van der Waals surface area contributed by atoms with E-state index in [1.54, 1.807) is 31.2 Å². The third-order valence-electron chi connectivity index (χ3n) is 4.11. The normalized spacial score (nSPS) is 17.9. The maximum absolute atomic E-state index is 12.9. The molecule has 0 saturated carbocycles. The molecule has 4 amide bonds. The number of benzene rings is 2. The Bertz CT molecular complexity index is 986. The first-order valence-electron chi connectivity index (χ1n) is 8.14. The molecule has 0 spiro atoms. The second-order valence-electron chi connectivity index (χ2n) is 6.06. The number of amides is 4. The maximum atomic E-state index is 12.9. The highest BCUT2D eigenvalue weighted by Gasteiger charge is 2.41. The van der Waals surface area contributed by atoms with Crippen molar-refractivity contribution >= 4 is 35.4 Å². The number of nitrogens with zero attached hydrogens (tertiary/aromatic N) is 2. The summed E-state index contributed by atoms with van der Waals surface area (Å²) in [5.41, 5.74) is 0.00518. The number of anilines is 1. The lowest BCUT2D eigenvalue weighted by Crippen LogP contribution is -2.58. The van der Waals surface area contributed by atoms with Gasteiger partial charge in [-0.1, -0.05) is 24.3 Å². The lowest BCUT2D eigenvalue weighted by Gasteiger charge is -2.28. The van der Waals surface area contributed by atoms with Crippen LogP contribution in [0.1, 0.15) is 11.1 Å². The summed E-state index contributed by atoms with van der Waals surface area (Å²) < 4.78 is 38.8. The maximum Gasteiger partial charge on any atom is 0.416 e. The highest BCUT2D eigenvalue weighted by Crippen LogP contribution is 2.32. The van der Waals surface area contributed by atoms with E-state index >= 15 is 0 Å². The fraction of sp³-hybridized carbons (Fsp3) is 0.158. The van der Waals surface area contributed by atoms with Gasteiger partial charge < -0.3 is 0 Å². The first kappa shape index (κ1) is 19.3. The molecule has 1 atom stereocenters. The molecule has 2 aromatic rings. The Morgan fingerprint density at radius 2 is 1.79 bits per heavy atom. The van der Waals surface area contributed by atoms with Crippen LogP contribution >= 0.6 is 0 Å². The molecule has 0 bridgehead atoms. The Morgan fingerprint density at radius 1 is 1.07 bits per heavy atom. The van der Waals surface area contributed by atoms with Crippen molar-refractivity contribution in [2.24, 2.45) is 10.9 Å². The number of aryl methyl sites for hydroxylation is 1. The molecule has 1 aliphatic heterocycles. The number of para-hydroxylation sites is 1. The first-order chi connectivity index (χ1) is 13.2. The summed E-state index contributed by atoms with van der Waals surface area (Å²) in [4.78, 5) is 41.5. The third-order valence-corrected chi connectivity index (χ3v) is 4.11. The summed E-state index contributed by atoms with van der Waals surface area (Å²) in [6, 6.07) is 9.60. The molecular weight excluding hydrogens is 375 g/mol. The zero-order valence-corrected chi connectivity index (χ0v) is 14.5. The second-order valence-corrected chi connectivity index (χ2v) is 6.06. The largest absolute Gasteiger partial charge is 0.416 e. The van der Waals surface area contributed by atoms with Crippen molar-refractivity contribution in [2.45, 2.75) is 13.1 Å². The van der Waals surface area contributed by atoms with Crippen molar-refractivity contribution < 1.29 is 27.6 Å². The Morgan fingerprint density at radius 3 is 2.46 bits per heavy atom. The number of hydrogen-bond acceptors (Lipinski definition) is 4. The van der Waals surface area contributed by atoms with Crippen molar-refractivity contribution in [3.05, 3.63) is 59.7 Å². The molecule has 0 unspecified atom stereocenters. The number of urea groups is 1. The van der Waals surface area contributed by atoms with Crippen molar-refractivity contribution in [3.8, 4) is 0 Å². The number of alkyl halides is 3. The molecule has 1 heterocycles. The molecule has 2 aromatic carbocycles. The van der Waals surface area contributed by atoms with Gasteiger partial charge in [0, 0.05) is 6.21 Å². The molecule has 1 aliphatic rings. The number of carbonyl (C=O) groups is 3. The Hall–Kier alpha value is -3.49. The van der Waals surface area contributed by atoms with Crippen LogP contribution in [0.3, 0.4) is 0 Å². The fourth-order valence-corrected chi connectivity index (χ4v) is 2.65. The van der Waals surface area contributed by atoms with E-state index in [1.807, 2.05) is 5.32 Å². The second kappa shape index (κ2) is 7.26. The summed E-state index contributed by atoms with van der Waals surface area (Å²) in [5.74, 6) is -3.33. The lowest BCUT2D eigenvalue weighted by molar-refractivity contribution is -0.138. The molecule has 0 radical (unpaired) electrons. The number of barbiturate groups is 1. The molecule has 0 aromatic heterocycles. The predicted octanol–water partition coefficient (Wildman–Crippen LogP) is 3.62. The van der Waals surface area contributed by atoms with E-state index in [0.29, 0.717) is 16.7 Å². The molecule has 0 aliphatic carbocycles. The molecule has 3 rings (SSSR count). The Labute approximate surface area is 157 Å². The highest BCUT2D eigenvalue weighted by atomic mass is 19.4. The van der Waals surface area contributed by atoms with Gasteiger partial charge in [-0.05, 0) is 36.8 Å². The summed E-state index contributed by atoms with van der Waals surface area (Å²) >= 11 is 0. The standard InChI is InChI=1S/C19H14F3N3O3/c1-11-5-2-3-8-15(11)23-10-14-16(26)24-18(28)25(17(14)27)13-7-4-6-12(9-13)19(20,21)22/h2-10,14H,1H3,(H,24,26,28)/t14-/m1/s1. The SMILES string of the molecule is Cc1ccccc1N=C[C@@H]1C(=O)NC(=O)N(c2cccc(C(F)(F)F)c2)C1=O. The van der Waals surface area contributed by atoms with Crippen LogP contribution in [0.4, 0.5) is 29.3 Å². The van der Waals surface area contributed by atoms with E-state index in [2.05, 4.69) is 4.99 Å². The van der Waals surface area contributed by atoms with Crippen LogP contribution in [0.15, 0.2) is 53.5 Å². The van der Waals surface area contributed by atoms with Gasteiger partial charge >= 0.3 is 12.2 Å². The van der Waals surface area contributed by atoms with Crippen LogP contribution < -0.4 is 10.2 Å². The first-order valence-corrected chi connectivity index (χ1v) is 8.14. The smallest absolute Gasteiger partial charge is 0.276 e. The quantitative estimate of drug-likeness (QED) is 0.643. The van der Waals surface area contributed by atoms with Gasteiger partial charge in [-0.25, -0.2) is 9.69 Å². The van der Waals surface area contributed by atoms with Crippen molar-refractivity contribution in [1.82, 2.24) is 5.32 Å². The van der Waals surface area contributed by atoms with Gasteiger partial charge in [0.1, 0.15) is 0 Å². The number of aliphatic imine (C=N–C) groups is 1. The average molecular weight is 389 g/mol. The van der Waals surface area contributed by atoms with E-state index in [1.165, 1.54) is 6.07 Å². The van der Waals surface area contributed by atoms with Crippen LogP contribution in [0.2, 0.25) is 0 Å². The number of imide groups is 2. The van der Waals surface area contributed by atoms with Crippen LogP contribution in [-0.2, 0) is 15.8 Å². The van der Waals surface area contributed by atoms with Gasteiger partial charge in [-0.15, -0.1) is 0 Å². The van der Waals surface area contributed by atoms with E-state index in [9.17, 15) is 27.6 Å². The number of rotatable bonds is 3. The number of carbonyl (C=O) groups excluding carboxylic acids is 3. The van der Waals surface area contributed by atoms with Crippen LogP contribution in [0.25, 0.3) is 0 Å². The minimum absolute atomic E-state index is 0.292. The monoisotopic (exact) mass is 389 g/mol. The molecule has 28 heavy (non-hydrogen) atoms. The third kappa shape index (κ3) is 3.78. The highest BCUT2D eigenvalue weighted by molar-refractivity contribution is 6.32. The van der Waals surface area contributed by atoms with E-state index in [-0.39, 0.29) is 5.69 Å². The van der Waals surface area contributed by atoms with Gasteiger partial charge in [0.05, 0.1) is 16.9 Å². The summed E-state index contributed by atoms with van der Waals surface area (Å²) in [6.45, 7) is 1.79. The van der Waals surface area contributed by atoms with Crippen molar-refractivity contribution in [2.75, 3.05) is 4.90 Å².